The van der Waals surface area contributed by atoms with Gasteiger partial charge in [0.2, 0.25) is 0 Å². The number of benzene rings is 1. The molecule has 3 nitrogen and oxygen atoms in total. The molecule has 1 aromatic carbocycles. The van der Waals surface area contributed by atoms with E-state index >= 15 is 0 Å². The highest BCUT2D eigenvalue weighted by Gasteiger charge is 2.14. The van der Waals surface area contributed by atoms with Crippen molar-refractivity contribution in [3.63, 3.8) is 0 Å². The van der Waals surface area contributed by atoms with E-state index in [4.69, 9.17) is 11.6 Å². The van der Waals surface area contributed by atoms with Crippen molar-refractivity contribution in [1.82, 2.24) is 4.98 Å². The smallest absolute Gasteiger partial charge is 0.306 e. The first-order valence-corrected chi connectivity index (χ1v) is 8.17. The van der Waals surface area contributed by atoms with Crippen LogP contribution in [0.4, 0.5) is 0 Å². The SMILES string of the molecule is COC(=O)CC(C)SCc1nc2ccccc2c(C)c1Cl. The number of hydrogen-bond acceptors (Lipinski definition) is 4. The van der Waals surface area contributed by atoms with E-state index < -0.39 is 0 Å². The summed E-state index contributed by atoms with van der Waals surface area (Å²) < 4.78 is 4.68. The van der Waals surface area contributed by atoms with Crippen molar-refractivity contribution in [3.05, 3.63) is 40.5 Å². The third-order valence-corrected chi connectivity index (χ3v) is 5.01. The van der Waals surface area contributed by atoms with E-state index in [0.29, 0.717) is 17.2 Å². The van der Waals surface area contributed by atoms with E-state index in [1.807, 2.05) is 38.1 Å². The lowest BCUT2D eigenvalue weighted by atomic mass is 10.1. The standard InChI is InChI=1S/C16H18ClNO2S/c1-10(8-15(19)20-3)21-9-14-16(17)11(2)12-6-4-5-7-13(12)18-14/h4-7,10H,8-9H2,1-3H3. The lowest BCUT2D eigenvalue weighted by molar-refractivity contribution is -0.140. The van der Waals surface area contributed by atoms with Crippen LogP contribution in [-0.4, -0.2) is 23.3 Å². The summed E-state index contributed by atoms with van der Waals surface area (Å²) in [6.07, 6.45) is 0.394. The van der Waals surface area contributed by atoms with Crippen molar-refractivity contribution in [1.29, 1.82) is 0 Å². The highest BCUT2D eigenvalue weighted by atomic mass is 35.5. The molecule has 0 fully saturated rings. The number of halogens is 1. The first-order valence-electron chi connectivity index (χ1n) is 6.75. The molecule has 0 amide bonds. The number of fused-ring (bicyclic) bond motifs is 1. The molecule has 1 aromatic heterocycles. The quantitative estimate of drug-likeness (QED) is 0.765. The fourth-order valence-corrected chi connectivity index (χ4v) is 3.31. The second-order valence-electron chi connectivity index (χ2n) is 4.92. The number of carbonyl (C=O) groups excluding carboxylic acids is 1. The zero-order valence-electron chi connectivity index (χ0n) is 12.4. The van der Waals surface area contributed by atoms with Crippen LogP contribution in [0, 0.1) is 6.92 Å². The van der Waals surface area contributed by atoms with Crippen LogP contribution in [0.15, 0.2) is 24.3 Å². The van der Waals surface area contributed by atoms with Crippen LogP contribution in [0.25, 0.3) is 10.9 Å². The van der Waals surface area contributed by atoms with Crippen molar-refractivity contribution in [2.24, 2.45) is 0 Å². The number of rotatable bonds is 5. The van der Waals surface area contributed by atoms with Gasteiger partial charge in [0, 0.05) is 16.4 Å². The Hall–Kier alpha value is -1.26. The van der Waals surface area contributed by atoms with Gasteiger partial charge in [0.15, 0.2) is 0 Å². The number of esters is 1. The van der Waals surface area contributed by atoms with Gasteiger partial charge in [-0.1, -0.05) is 36.7 Å². The number of aryl methyl sites for hydroxylation is 1. The maximum atomic E-state index is 11.3. The Morgan fingerprint density at radius 3 is 2.86 bits per heavy atom. The minimum Gasteiger partial charge on any atom is -0.469 e. The zero-order valence-corrected chi connectivity index (χ0v) is 13.9. The fourth-order valence-electron chi connectivity index (χ4n) is 2.11. The number of methoxy groups -OCH3 is 1. The molecule has 1 atom stereocenters. The molecule has 0 aliphatic heterocycles. The number of pyridine rings is 1. The van der Waals surface area contributed by atoms with Gasteiger partial charge in [0.05, 0.1) is 29.8 Å². The van der Waals surface area contributed by atoms with Crippen molar-refractivity contribution in [2.45, 2.75) is 31.3 Å². The van der Waals surface area contributed by atoms with Gasteiger partial charge in [-0.3, -0.25) is 9.78 Å². The average molecular weight is 324 g/mol. The molecule has 112 valence electrons. The summed E-state index contributed by atoms with van der Waals surface area (Å²) in [6.45, 7) is 4.02. The van der Waals surface area contributed by atoms with E-state index in [1.165, 1.54) is 7.11 Å². The molecule has 0 saturated heterocycles. The summed E-state index contributed by atoms with van der Waals surface area (Å²) in [7, 11) is 1.41. The first kappa shape index (κ1) is 16.1. The highest BCUT2D eigenvalue weighted by molar-refractivity contribution is 7.99. The molecular formula is C16H18ClNO2S. The number of hydrogen-bond donors (Lipinski definition) is 0. The predicted octanol–water partition coefficient (Wildman–Crippen LogP) is 4.38. The zero-order chi connectivity index (χ0) is 15.4. The van der Waals surface area contributed by atoms with Gasteiger partial charge in [-0.2, -0.15) is 11.8 Å². The number of aromatic nitrogens is 1. The Bertz CT molecular complexity index is 660. The van der Waals surface area contributed by atoms with Gasteiger partial charge in [-0.25, -0.2) is 0 Å². The van der Waals surface area contributed by atoms with Crippen LogP contribution in [0.3, 0.4) is 0 Å². The third-order valence-electron chi connectivity index (χ3n) is 3.33. The Balaban J connectivity index is 2.15. The second-order valence-corrected chi connectivity index (χ2v) is 6.72. The molecule has 21 heavy (non-hydrogen) atoms. The van der Waals surface area contributed by atoms with E-state index in [-0.39, 0.29) is 11.2 Å². The minimum atomic E-state index is -0.191. The second kappa shape index (κ2) is 7.14. The molecule has 0 aliphatic carbocycles. The average Bonchev–Trinajstić information content (AvgIpc) is 2.49. The number of carbonyl (C=O) groups is 1. The Morgan fingerprint density at radius 2 is 2.14 bits per heavy atom. The fraction of sp³-hybridized carbons (Fsp3) is 0.375. The molecule has 0 bridgehead atoms. The van der Waals surface area contributed by atoms with Crippen LogP contribution in [-0.2, 0) is 15.3 Å². The number of thioether (sulfide) groups is 1. The summed E-state index contributed by atoms with van der Waals surface area (Å²) in [5, 5.41) is 1.97. The van der Waals surface area contributed by atoms with Crippen LogP contribution in [0.5, 0.6) is 0 Å². The van der Waals surface area contributed by atoms with Crippen LogP contribution >= 0.6 is 23.4 Å². The topological polar surface area (TPSA) is 39.2 Å². The molecule has 1 unspecified atom stereocenters. The van der Waals surface area contributed by atoms with Gasteiger partial charge < -0.3 is 4.74 Å². The highest BCUT2D eigenvalue weighted by Crippen LogP contribution is 2.30. The molecule has 0 N–H and O–H groups in total. The lowest BCUT2D eigenvalue weighted by Crippen LogP contribution is -2.09. The summed E-state index contributed by atoms with van der Waals surface area (Å²) in [4.78, 5) is 15.9. The van der Waals surface area contributed by atoms with E-state index in [1.54, 1.807) is 11.8 Å². The van der Waals surface area contributed by atoms with Gasteiger partial charge in [-0.05, 0) is 18.6 Å². The van der Waals surface area contributed by atoms with Crippen LogP contribution in [0.1, 0.15) is 24.6 Å². The largest absolute Gasteiger partial charge is 0.469 e. The molecular weight excluding hydrogens is 306 g/mol. The Morgan fingerprint density at radius 1 is 1.43 bits per heavy atom. The van der Waals surface area contributed by atoms with Crippen molar-refractivity contribution >= 4 is 40.2 Å². The summed E-state index contributed by atoms with van der Waals surface area (Å²) in [6, 6.07) is 7.98. The molecule has 0 spiro atoms. The van der Waals surface area contributed by atoms with Gasteiger partial charge in [-0.15, -0.1) is 0 Å². The minimum absolute atomic E-state index is 0.169. The Kier molecular flexibility index (Phi) is 5.48. The van der Waals surface area contributed by atoms with Crippen molar-refractivity contribution in [2.75, 3.05) is 7.11 Å². The van der Waals surface area contributed by atoms with Crippen molar-refractivity contribution in [3.8, 4) is 0 Å². The Labute approximate surface area is 134 Å². The maximum absolute atomic E-state index is 11.3. The first-order chi connectivity index (χ1) is 10.0. The molecule has 0 aliphatic rings. The van der Waals surface area contributed by atoms with E-state index in [9.17, 15) is 4.79 Å². The number of ether oxygens (including phenoxy) is 1. The van der Waals surface area contributed by atoms with Gasteiger partial charge in [0.1, 0.15) is 0 Å². The molecule has 2 rings (SSSR count). The summed E-state index contributed by atoms with van der Waals surface area (Å²) >= 11 is 8.08. The molecule has 2 aromatic rings. The molecule has 0 saturated carbocycles. The summed E-state index contributed by atoms with van der Waals surface area (Å²) in [5.41, 5.74) is 2.88. The van der Waals surface area contributed by atoms with Gasteiger partial charge >= 0.3 is 5.97 Å². The van der Waals surface area contributed by atoms with E-state index in [2.05, 4.69) is 9.72 Å². The van der Waals surface area contributed by atoms with Gasteiger partial charge in [0.25, 0.3) is 0 Å². The van der Waals surface area contributed by atoms with E-state index in [0.717, 1.165) is 22.2 Å². The molecule has 0 radical (unpaired) electrons. The third kappa shape index (κ3) is 3.89. The monoisotopic (exact) mass is 323 g/mol. The lowest BCUT2D eigenvalue weighted by Gasteiger charge is -2.12. The van der Waals surface area contributed by atoms with Crippen LogP contribution < -0.4 is 0 Å². The molecule has 1 heterocycles. The number of nitrogens with zero attached hydrogens (tertiary/aromatic N) is 1. The van der Waals surface area contributed by atoms with Crippen molar-refractivity contribution < 1.29 is 9.53 Å². The maximum Gasteiger partial charge on any atom is 0.306 e. The molecule has 5 heteroatoms. The number of para-hydroxylation sites is 1. The van der Waals surface area contributed by atoms with Crippen LogP contribution in [0.2, 0.25) is 5.02 Å². The summed E-state index contributed by atoms with van der Waals surface area (Å²) in [5.74, 6) is 0.492. The normalized spacial score (nSPS) is 12.4. The predicted molar refractivity (Wildman–Crippen MR) is 88.9 cm³/mol.